The topological polar surface area (TPSA) is 44.8 Å². The van der Waals surface area contributed by atoms with Gasteiger partial charge in [0, 0.05) is 6.61 Å². The normalized spacial score (nSPS) is 21.2. The average molecular weight is 244 g/mol. The molecular formula is C13H24O4. The van der Waals surface area contributed by atoms with Crippen molar-refractivity contribution < 1.29 is 19.0 Å². The Morgan fingerprint density at radius 3 is 2.71 bits per heavy atom. The molecule has 0 aliphatic carbocycles. The molecule has 1 unspecified atom stereocenters. The maximum absolute atomic E-state index is 11.6. The highest BCUT2D eigenvalue weighted by Gasteiger charge is 2.26. The molecular weight excluding hydrogens is 220 g/mol. The number of carbonyl (C=O) groups excluding carboxylic acids is 1. The van der Waals surface area contributed by atoms with Crippen molar-refractivity contribution >= 4 is 5.97 Å². The quantitative estimate of drug-likeness (QED) is 0.532. The standard InChI is InChI=1S/C13H24O4/c1-4-13(2,3)12(14)17-10-9-16-11-7-5-6-8-15-11/h11H,4-10H2,1-3H3. The maximum Gasteiger partial charge on any atom is 0.311 e. The molecule has 0 aromatic carbocycles. The molecule has 0 radical (unpaired) electrons. The van der Waals surface area contributed by atoms with Crippen LogP contribution in [0.2, 0.25) is 0 Å². The summed E-state index contributed by atoms with van der Waals surface area (Å²) in [5, 5.41) is 0. The van der Waals surface area contributed by atoms with E-state index >= 15 is 0 Å². The molecule has 0 bridgehead atoms. The zero-order chi connectivity index (χ0) is 12.7. The van der Waals surface area contributed by atoms with Crippen molar-refractivity contribution in [1.82, 2.24) is 0 Å². The van der Waals surface area contributed by atoms with E-state index in [-0.39, 0.29) is 12.3 Å². The Bertz CT molecular complexity index is 232. The molecule has 1 fully saturated rings. The predicted octanol–water partition coefficient (Wildman–Crippen LogP) is 2.51. The van der Waals surface area contributed by atoms with Gasteiger partial charge >= 0.3 is 5.97 Å². The lowest BCUT2D eigenvalue weighted by atomic mass is 9.91. The van der Waals surface area contributed by atoms with Crippen molar-refractivity contribution in [2.24, 2.45) is 5.41 Å². The Morgan fingerprint density at radius 2 is 2.12 bits per heavy atom. The van der Waals surface area contributed by atoms with Crippen LogP contribution < -0.4 is 0 Å². The smallest absolute Gasteiger partial charge is 0.311 e. The van der Waals surface area contributed by atoms with Crippen LogP contribution in [0.1, 0.15) is 46.5 Å². The summed E-state index contributed by atoms with van der Waals surface area (Å²) in [6.45, 7) is 7.25. The Balaban J connectivity index is 2.09. The van der Waals surface area contributed by atoms with Crippen LogP contribution in [0.4, 0.5) is 0 Å². The third-order valence-electron chi connectivity index (χ3n) is 3.19. The van der Waals surface area contributed by atoms with Crippen molar-refractivity contribution in [2.75, 3.05) is 19.8 Å². The van der Waals surface area contributed by atoms with Crippen LogP contribution in [0.25, 0.3) is 0 Å². The maximum atomic E-state index is 11.6. The zero-order valence-corrected chi connectivity index (χ0v) is 11.2. The molecule has 1 aliphatic heterocycles. The lowest BCUT2D eigenvalue weighted by molar-refractivity contribution is -0.177. The van der Waals surface area contributed by atoms with Crippen LogP contribution in [-0.2, 0) is 19.0 Å². The van der Waals surface area contributed by atoms with Crippen molar-refractivity contribution in [1.29, 1.82) is 0 Å². The first-order valence-corrected chi connectivity index (χ1v) is 6.46. The van der Waals surface area contributed by atoms with E-state index in [2.05, 4.69) is 0 Å². The highest BCUT2D eigenvalue weighted by molar-refractivity contribution is 5.75. The Kier molecular flexibility index (Phi) is 5.92. The van der Waals surface area contributed by atoms with Gasteiger partial charge < -0.3 is 14.2 Å². The molecule has 0 aromatic rings. The van der Waals surface area contributed by atoms with E-state index in [1.165, 1.54) is 0 Å². The van der Waals surface area contributed by atoms with Gasteiger partial charge in [0.05, 0.1) is 12.0 Å². The van der Waals surface area contributed by atoms with Gasteiger partial charge in [-0.05, 0) is 39.5 Å². The second-order valence-corrected chi connectivity index (χ2v) is 5.04. The number of ether oxygens (including phenoxy) is 3. The average Bonchev–Trinajstić information content (AvgIpc) is 2.35. The first-order chi connectivity index (χ1) is 8.06. The number of hydrogen-bond acceptors (Lipinski definition) is 4. The molecule has 1 atom stereocenters. The number of hydrogen-bond donors (Lipinski definition) is 0. The molecule has 4 heteroatoms. The summed E-state index contributed by atoms with van der Waals surface area (Å²) in [7, 11) is 0. The second-order valence-electron chi connectivity index (χ2n) is 5.04. The van der Waals surface area contributed by atoms with Gasteiger partial charge in [0.15, 0.2) is 6.29 Å². The van der Waals surface area contributed by atoms with E-state index in [1.807, 2.05) is 20.8 Å². The number of esters is 1. The van der Waals surface area contributed by atoms with Crippen molar-refractivity contribution in [3.05, 3.63) is 0 Å². The largest absolute Gasteiger partial charge is 0.463 e. The van der Waals surface area contributed by atoms with Gasteiger partial charge in [-0.3, -0.25) is 4.79 Å². The van der Waals surface area contributed by atoms with E-state index in [9.17, 15) is 4.79 Å². The van der Waals surface area contributed by atoms with Crippen LogP contribution in [0, 0.1) is 5.41 Å². The number of carbonyl (C=O) groups is 1. The molecule has 1 saturated heterocycles. The molecule has 100 valence electrons. The molecule has 0 N–H and O–H groups in total. The van der Waals surface area contributed by atoms with E-state index < -0.39 is 5.41 Å². The summed E-state index contributed by atoms with van der Waals surface area (Å²) in [6, 6.07) is 0. The zero-order valence-electron chi connectivity index (χ0n) is 11.2. The minimum absolute atomic E-state index is 0.110. The summed E-state index contributed by atoms with van der Waals surface area (Å²) in [4.78, 5) is 11.6. The minimum atomic E-state index is -0.401. The first kappa shape index (κ1) is 14.5. The predicted molar refractivity (Wildman–Crippen MR) is 64.6 cm³/mol. The fourth-order valence-electron chi connectivity index (χ4n) is 1.50. The van der Waals surface area contributed by atoms with Crippen molar-refractivity contribution in [2.45, 2.75) is 52.7 Å². The monoisotopic (exact) mass is 244 g/mol. The lowest BCUT2D eigenvalue weighted by Crippen LogP contribution is -2.28. The fourth-order valence-corrected chi connectivity index (χ4v) is 1.50. The minimum Gasteiger partial charge on any atom is -0.463 e. The molecule has 17 heavy (non-hydrogen) atoms. The van der Waals surface area contributed by atoms with E-state index in [0.717, 1.165) is 32.3 Å². The van der Waals surface area contributed by atoms with E-state index in [1.54, 1.807) is 0 Å². The van der Waals surface area contributed by atoms with Crippen LogP contribution in [0.5, 0.6) is 0 Å². The molecule has 0 saturated carbocycles. The van der Waals surface area contributed by atoms with Gasteiger partial charge in [0.25, 0.3) is 0 Å². The molecule has 1 rings (SSSR count). The van der Waals surface area contributed by atoms with Gasteiger partial charge in [-0.2, -0.15) is 0 Å². The van der Waals surface area contributed by atoms with E-state index in [4.69, 9.17) is 14.2 Å². The SMILES string of the molecule is CCC(C)(C)C(=O)OCCOC1CCCCO1. The summed E-state index contributed by atoms with van der Waals surface area (Å²) in [5.74, 6) is -0.159. The Morgan fingerprint density at radius 1 is 1.35 bits per heavy atom. The highest BCUT2D eigenvalue weighted by Crippen LogP contribution is 2.21. The van der Waals surface area contributed by atoms with Gasteiger partial charge in [-0.25, -0.2) is 0 Å². The van der Waals surface area contributed by atoms with Gasteiger partial charge in [-0.1, -0.05) is 6.92 Å². The summed E-state index contributed by atoms with van der Waals surface area (Å²) >= 11 is 0. The molecule has 0 aromatic heterocycles. The summed E-state index contributed by atoms with van der Waals surface area (Å²) < 4.78 is 16.1. The molecule has 1 heterocycles. The molecule has 0 spiro atoms. The van der Waals surface area contributed by atoms with Crippen molar-refractivity contribution in [3.63, 3.8) is 0 Å². The van der Waals surface area contributed by atoms with E-state index in [0.29, 0.717) is 13.2 Å². The Hall–Kier alpha value is -0.610. The third-order valence-corrected chi connectivity index (χ3v) is 3.19. The van der Waals surface area contributed by atoms with Crippen LogP contribution in [0.15, 0.2) is 0 Å². The molecule has 4 nitrogen and oxygen atoms in total. The summed E-state index contributed by atoms with van der Waals surface area (Å²) in [5.41, 5.74) is -0.401. The summed E-state index contributed by atoms with van der Waals surface area (Å²) in [6.07, 6.45) is 3.86. The first-order valence-electron chi connectivity index (χ1n) is 6.46. The second kappa shape index (κ2) is 6.97. The molecule has 0 amide bonds. The Labute approximate surface area is 104 Å². The van der Waals surface area contributed by atoms with Crippen LogP contribution in [-0.4, -0.2) is 32.1 Å². The number of rotatable bonds is 6. The van der Waals surface area contributed by atoms with Gasteiger partial charge in [0.2, 0.25) is 0 Å². The van der Waals surface area contributed by atoms with Crippen LogP contribution >= 0.6 is 0 Å². The fraction of sp³-hybridized carbons (Fsp3) is 0.923. The van der Waals surface area contributed by atoms with Crippen LogP contribution in [0.3, 0.4) is 0 Å². The van der Waals surface area contributed by atoms with Crippen molar-refractivity contribution in [3.8, 4) is 0 Å². The van der Waals surface area contributed by atoms with Gasteiger partial charge in [-0.15, -0.1) is 0 Å². The lowest BCUT2D eigenvalue weighted by Gasteiger charge is -2.23. The molecule has 1 aliphatic rings. The third kappa shape index (κ3) is 5.04. The van der Waals surface area contributed by atoms with Gasteiger partial charge in [0.1, 0.15) is 6.61 Å². The highest BCUT2D eigenvalue weighted by atomic mass is 16.7.